The Bertz CT molecular complexity index is 668. The molecule has 0 aliphatic carbocycles. The molecule has 0 fully saturated rings. The third kappa shape index (κ3) is 3.55. The molecule has 0 radical (unpaired) electrons. The molecule has 1 amide bonds. The number of aromatic nitrogens is 4. The van der Waals surface area contributed by atoms with Crippen LogP contribution in [0, 0.1) is 0 Å². The second kappa shape index (κ2) is 7.04. The Morgan fingerprint density at radius 1 is 1.55 bits per heavy atom. The number of nitrogens with zero attached hydrogens (tertiary/aromatic N) is 4. The largest absolute Gasteiger partial charge is 0.345 e. The number of halogens is 2. The summed E-state index contributed by atoms with van der Waals surface area (Å²) in [5.74, 6) is -0.288. The normalized spacial score (nSPS) is 13.2. The average Bonchev–Trinajstić information content (AvgIpc) is 2.84. The van der Waals surface area contributed by atoms with Gasteiger partial charge < -0.3 is 10.6 Å². The van der Waals surface area contributed by atoms with E-state index in [2.05, 4.69) is 31.8 Å². The Hall–Kier alpha value is -1.70. The van der Waals surface area contributed by atoms with Crippen LogP contribution in [0.15, 0.2) is 12.3 Å². The van der Waals surface area contributed by atoms with Crippen molar-refractivity contribution in [2.45, 2.75) is 19.5 Å². The molecule has 0 unspecified atom stereocenters. The third-order valence-corrected chi connectivity index (χ3v) is 3.67. The molecule has 0 atom stereocenters. The van der Waals surface area contributed by atoms with Crippen LogP contribution in [0.2, 0.25) is 5.28 Å². The summed E-state index contributed by atoms with van der Waals surface area (Å²) in [6.45, 7) is 2.17. The van der Waals surface area contributed by atoms with Crippen molar-refractivity contribution in [3.05, 3.63) is 40.2 Å². The van der Waals surface area contributed by atoms with Crippen LogP contribution >= 0.6 is 24.0 Å². The molecule has 22 heavy (non-hydrogen) atoms. The Morgan fingerprint density at radius 3 is 3.09 bits per heavy atom. The van der Waals surface area contributed by atoms with Gasteiger partial charge in [0, 0.05) is 45.0 Å². The van der Waals surface area contributed by atoms with Gasteiger partial charge in [-0.05, 0) is 28.8 Å². The van der Waals surface area contributed by atoms with Crippen LogP contribution in [0.3, 0.4) is 0 Å². The third-order valence-electron chi connectivity index (χ3n) is 3.34. The summed E-state index contributed by atoms with van der Waals surface area (Å²) in [6.07, 6.45) is 2.74. The minimum absolute atomic E-state index is 0. The predicted molar refractivity (Wildman–Crippen MR) is 84.1 cm³/mol. The molecule has 0 aromatic carbocycles. The van der Waals surface area contributed by atoms with Crippen LogP contribution < -0.4 is 10.6 Å². The molecule has 0 spiro atoms. The topological polar surface area (TPSA) is 84.7 Å². The maximum Gasteiger partial charge on any atom is 0.291 e. The number of carbonyl (C=O) groups is 1. The minimum atomic E-state index is -0.353. The number of rotatable bonds is 3. The van der Waals surface area contributed by atoms with E-state index in [1.165, 1.54) is 10.2 Å². The highest BCUT2D eigenvalue weighted by Gasteiger charge is 2.14. The van der Waals surface area contributed by atoms with Crippen molar-refractivity contribution in [2.24, 2.45) is 7.05 Å². The SMILES string of the molecule is Cl.Cn1nc(C(=O)NCc2cnc3c(c2)CNCC3)nc1Cl. The lowest BCUT2D eigenvalue weighted by molar-refractivity contribution is 0.0940. The van der Waals surface area contributed by atoms with Crippen LogP contribution in [-0.2, 0) is 26.6 Å². The van der Waals surface area contributed by atoms with Crippen molar-refractivity contribution in [1.29, 1.82) is 0 Å². The molecule has 0 saturated heterocycles. The fourth-order valence-electron chi connectivity index (χ4n) is 2.22. The van der Waals surface area contributed by atoms with Gasteiger partial charge in [0.1, 0.15) is 0 Å². The Labute approximate surface area is 138 Å². The van der Waals surface area contributed by atoms with Gasteiger partial charge in [0.15, 0.2) is 0 Å². The molecule has 0 bridgehead atoms. The van der Waals surface area contributed by atoms with Gasteiger partial charge in [0.25, 0.3) is 5.91 Å². The smallest absolute Gasteiger partial charge is 0.291 e. The molecular formula is C13H16Cl2N6O. The van der Waals surface area contributed by atoms with Crippen molar-refractivity contribution in [3.8, 4) is 0 Å². The van der Waals surface area contributed by atoms with Crippen LogP contribution in [-0.4, -0.2) is 32.2 Å². The molecule has 1 aliphatic heterocycles. The van der Waals surface area contributed by atoms with E-state index in [1.54, 1.807) is 13.2 Å². The number of fused-ring (bicyclic) bond motifs is 1. The Balaban J connectivity index is 0.00000176. The molecule has 1 aliphatic rings. The first-order valence-electron chi connectivity index (χ1n) is 6.65. The highest BCUT2D eigenvalue weighted by Crippen LogP contribution is 2.13. The van der Waals surface area contributed by atoms with E-state index in [0.29, 0.717) is 6.54 Å². The van der Waals surface area contributed by atoms with E-state index in [9.17, 15) is 4.79 Å². The fraction of sp³-hybridized carbons (Fsp3) is 0.385. The summed E-state index contributed by atoms with van der Waals surface area (Å²) in [4.78, 5) is 20.2. The number of amides is 1. The monoisotopic (exact) mass is 342 g/mol. The van der Waals surface area contributed by atoms with Gasteiger partial charge in [0.05, 0.1) is 0 Å². The molecule has 118 valence electrons. The number of nitrogens with one attached hydrogen (secondary N) is 2. The molecule has 2 aromatic rings. The molecule has 3 heterocycles. The maximum atomic E-state index is 11.9. The van der Waals surface area contributed by atoms with Gasteiger partial charge in [-0.1, -0.05) is 0 Å². The lowest BCUT2D eigenvalue weighted by Crippen LogP contribution is -2.26. The van der Waals surface area contributed by atoms with Crippen molar-refractivity contribution < 1.29 is 4.79 Å². The number of hydrogen-bond acceptors (Lipinski definition) is 5. The van der Waals surface area contributed by atoms with Crippen molar-refractivity contribution in [1.82, 2.24) is 30.4 Å². The van der Waals surface area contributed by atoms with E-state index >= 15 is 0 Å². The summed E-state index contributed by atoms with van der Waals surface area (Å²) in [5.41, 5.74) is 3.27. The lowest BCUT2D eigenvalue weighted by atomic mass is 10.1. The van der Waals surface area contributed by atoms with E-state index < -0.39 is 0 Å². The Kier molecular flexibility index (Phi) is 5.33. The number of carbonyl (C=O) groups excluding carboxylic acids is 1. The van der Waals surface area contributed by atoms with Crippen LogP contribution in [0.4, 0.5) is 0 Å². The zero-order valence-corrected chi connectivity index (χ0v) is 13.5. The summed E-state index contributed by atoms with van der Waals surface area (Å²) < 4.78 is 1.35. The molecule has 0 saturated carbocycles. The van der Waals surface area contributed by atoms with Crippen LogP contribution in [0.25, 0.3) is 0 Å². The number of aryl methyl sites for hydroxylation is 1. The van der Waals surface area contributed by atoms with E-state index in [4.69, 9.17) is 11.6 Å². The zero-order valence-electron chi connectivity index (χ0n) is 12.0. The quantitative estimate of drug-likeness (QED) is 0.864. The van der Waals surface area contributed by atoms with E-state index in [0.717, 1.165) is 30.8 Å². The van der Waals surface area contributed by atoms with Gasteiger partial charge in [-0.15, -0.1) is 17.5 Å². The lowest BCUT2D eigenvalue weighted by Gasteiger charge is -2.16. The second-order valence-corrected chi connectivity index (χ2v) is 5.22. The van der Waals surface area contributed by atoms with Gasteiger partial charge in [-0.3, -0.25) is 9.78 Å². The first kappa shape index (κ1) is 16.7. The zero-order chi connectivity index (χ0) is 14.8. The van der Waals surface area contributed by atoms with E-state index in [-0.39, 0.29) is 29.4 Å². The maximum absolute atomic E-state index is 11.9. The van der Waals surface area contributed by atoms with Crippen LogP contribution in [0.1, 0.15) is 27.4 Å². The highest BCUT2D eigenvalue weighted by atomic mass is 35.5. The second-order valence-electron chi connectivity index (χ2n) is 4.89. The molecular weight excluding hydrogens is 327 g/mol. The minimum Gasteiger partial charge on any atom is -0.345 e. The van der Waals surface area contributed by atoms with Crippen molar-refractivity contribution >= 4 is 29.9 Å². The molecule has 3 rings (SSSR count). The summed E-state index contributed by atoms with van der Waals surface area (Å²) in [5, 5.41) is 10.2. The molecule has 2 aromatic heterocycles. The summed E-state index contributed by atoms with van der Waals surface area (Å²) >= 11 is 5.76. The molecule has 7 nitrogen and oxygen atoms in total. The van der Waals surface area contributed by atoms with Crippen LogP contribution in [0.5, 0.6) is 0 Å². The molecule has 2 N–H and O–H groups in total. The van der Waals surface area contributed by atoms with E-state index in [1.807, 2.05) is 0 Å². The average molecular weight is 343 g/mol. The predicted octanol–water partition coefficient (Wildman–Crippen LogP) is 0.861. The van der Waals surface area contributed by atoms with Gasteiger partial charge in [0.2, 0.25) is 11.1 Å². The van der Waals surface area contributed by atoms with Gasteiger partial charge in [-0.2, -0.15) is 4.98 Å². The first-order valence-corrected chi connectivity index (χ1v) is 7.03. The van der Waals surface area contributed by atoms with Crippen molar-refractivity contribution in [2.75, 3.05) is 6.54 Å². The summed E-state index contributed by atoms with van der Waals surface area (Å²) in [6, 6.07) is 2.06. The number of hydrogen-bond donors (Lipinski definition) is 2. The fourth-order valence-corrected chi connectivity index (χ4v) is 2.33. The molecule has 9 heteroatoms. The van der Waals surface area contributed by atoms with Gasteiger partial charge in [-0.25, -0.2) is 4.68 Å². The Morgan fingerprint density at radius 2 is 2.36 bits per heavy atom. The summed E-state index contributed by atoms with van der Waals surface area (Å²) in [7, 11) is 1.63. The standard InChI is InChI=1S/C13H15ClN6O.ClH/c1-20-13(14)18-11(19-20)12(21)17-6-8-4-9-7-15-3-2-10(9)16-5-8;/h4-5,15H,2-3,6-7H2,1H3,(H,17,21);1H. The van der Waals surface area contributed by atoms with Crippen molar-refractivity contribution in [3.63, 3.8) is 0 Å². The van der Waals surface area contributed by atoms with Gasteiger partial charge >= 0.3 is 0 Å². The number of pyridine rings is 1. The highest BCUT2D eigenvalue weighted by molar-refractivity contribution is 6.28. The first-order chi connectivity index (χ1) is 10.1.